The number of anilines is 1. The molecule has 0 unspecified atom stereocenters. The highest BCUT2D eigenvalue weighted by atomic mass is 35.5. The average Bonchev–Trinajstić information content (AvgIpc) is 2.49. The van der Waals surface area contributed by atoms with E-state index in [4.69, 9.17) is 21.4 Å². The molecule has 0 aliphatic carbocycles. The summed E-state index contributed by atoms with van der Waals surface area (Å²) in [4.78, 5) is 10.9. The molecule has 0 radical (unpaired) electrons. The molecule has 0 atom stereocenters. The Labute approximate surface area is 138 Å². The molecule has 0 aliphatic heterocycles. The maximum atomic E-state index is 12.5. The van der Waals surface area contributed by atoms with Gasteiger partial charge in [-0.2, -0.15) is 0 Å². The van der Waals surface area contributed by atoms with Crippen molar-refractivity contribution in [2.75, 3.05) is 11.8 Å². The number of methoxy groups -OCH3 is 1. The lowest BCUT2D eigenvalue weighted by atomic mass is 10.1. The number of halogens is 1. The molecule has 23 heavy (non-hydrogen) atoms. The van der Waals surface area contributed by atoms with E-state index in [1.165, 1.54) is 31.4 Å². The fourth-order valence-corrected chi connectivity index (χ4v) is 3.50. The van der Waals surface area contributed by atoms with E-state index in [2.05, 4.69) is 4.72 Å². The zero-order chi connectivity index (χ0) is 17.2. The maximum absolute atomic E-state index is 12.5. The number of benzene rings is 2. The van der Waals surface area contributed by atoms with Gasteiger partial charge in [-0.25, -0.2) is 13.2 Å². The van der Waals surface area contributed by atoms with Crippen LogP contribution in [0.5, 0.6) is 5.75 Å². The van der Waals surface area contributed by atoms with E-state index < -0.39 is 16.0 Å². The van der Waals surface area contributed by atoms with Crippen molar-refractivity contribution in [1.29, 1.82) is 0 Å². The number of hydrogen-bond acceptors (Lipinski definition) is 4. The second-order valence-corrected chi connectivity index (χ2v) is 6.79. The summed E-state index contributed by atoms with van der Waals surface area (Å²) in [6, 6.07) is 8.42. The molecule has 6 nitrogen and oxygen atoms in total. The van der Waals surface area contributed by atoms with E-state index in [1.54, 1.807) is 13.0 Å². The molecule has 0 aromatic heterocycles. The van der Waals surface area contributed by atoms with Crippen LogP contribution in [0.3, 0.4) is 0 Å². The van der Waals surface area contributed by atoms with Crippen molar-refractivity contribution >= 4 is 33.3 Å². The Bertz CT molecular complexity index is 864. The van der Waals surface area contributed by atoms with E-state index >= 15 is 0 Å². The molecule has 8 heteroatoms. The quantitative estimate of drug-likeness (QED) is 0.859. The summed E-state index contributed by atoms with van der Waals surface area (Å²) in [6.07, 6.45) is 0. The number of nitrogens with one attached hydrogen (secondary N) is 1. The predicted octanol–water partition coefficient (Wildman–Crippen LogP) is 3.16. The highest BCUT2D eigenvalue weighted by Crippen LogP contribution is 2.29. The number of carbonyl (C=O) groups is 1. The molecule has 0 amide bonds. The molecule has 0 bridgehead atoms. The van der Waals surface area contributed by atoms with Crippen molar-refractivity contribution in [3.8, 4) is 5.75 Å². The van der Waals surface area contributed by atoms with Crippen molar-refractivity contribution in [3.05, 3.63) is 52.5 Å². The van der Waals surface area contributed by atoms with Gasteiger partial charge in [0.2, 0.25) is 0 Å². The highest BCUT2D eigenvalue weighted by Gasteiger charge is 2.20. The molecule has 2 N–H and O–H groups in total. The van der Waals surface area contributed by atoms with Gasteiger partial charge < -0.3 is 9.84 Å². The molecule has 2 aromatic carbocycles. The minimum Gasteiger partial charge on any atom is -0.497 e. The van der Waals surface area contributed by atoms with Gasteiger partial charge in [0.1, 0.15) is 5.75 Å². The SMILES string of the molecule is COc1ccc(Cl)c(NS(=O)(=O)c2cc(C(=O)O)ccc2C)c1. The Balaban J connectivity index is 2.47. The first-order chi connectivity index (χ1) is 10.7. The Morgan fingerprint density at radius 3 is 2.52 bits per heavy atom. The second-order valence-electron chi connectivity index (χ2n) is 4.74. The maximum Gasteiger partial charge on any atom is 0.335 e. The van der Waals surface area contributed by atoms with Crippen molar-refractivity contribution < 1.29 is 23.1 Å². The normalized spacial score (nSPS) is 11.1. The number of hydrogen-bond donors (Lipinski definition) is 2. The zero-order valence-electron chi connectivity index (χ0n) is 12.3. The van der Waals surface area contributed by atoms with Crippen LogP contribution < -0.4 is 9.46 Å². The molecule has 0 saturated heterocycles. The standard InChI is InChI=1S/C15H14ClNO5S/c1-9-3-4-10(15(18)19)7-14(9)23(20,21)17-13-8-11(22-2)5-6-12(13)16/h3-8,17H,1-2H3,(H,18,19). The van der Waals surface area contributed by atoms with Gasteiger partial charge in [0.25, 0.3) is 10.0 Å². The molecular formula is C15H14ClNO5S. The van der Waals surface area contributed by atoms with Crippen molar-refractivity contribution in [2.24, 2.45) is 0 Å². The minimum atomic E-state index is -4.00. The summed E-state index contributed by atoms with van der Waals surface area (Å²) in [7, 11) is -2.55. The van der Waals surface area contributed by atoms with Crippen LogP contribution in [0.1, 0.15) is 15.9 Å². The number of carboxylic acid groups (broad SMARTS) is 1. The first kappa shape index (κ1) is 17.1. The van der Waals surface area contributed by atoms with Crippen LogP contribution in [0.4, 0.5) is 5.69 Å². The number of carboxylic acids is 1. The van der Waals surface area contributed by atoms with Crippen molar-refractivity contribution in [3.63, 3.8) is 0 Å². The van der Waals surface area contributed by atoms with E-state index in [9.17, 15) is 13.2 Å². The van der Waals surface area contributed by atoms with Gasteiger partial charge in [0.15, 0.2) is 0 Å². The number of aromatic carboxylic acids is 1. The van der Waals surface area contributed by atoms with E-state index in [0.29, 0.717) is 11.3 Å². The monoisotopic (exact) mass is 355 g/mol. The first-order valence-electron chi connectivity index (χ1n) is 6.45. The number of rotatable bonds is 5. The van der Waals surface area contributed by atoms with Gasteiger partial charge in [0, 0.05) is 6.07 Å². The Hall–Kier alpha value is -2.25. The van der Waals surface area contributed by atoms with E-state index in [0.717, 1.165) is 6.07 Å². The molecule has 0 fully saturated rings. The summed E-state index contributed by atoms with van der Waals surface area (Å²) in [5, 5.41) is 9.21. The van der Waals surface area contributed by atoms with Crippen LogP contribution in [0.2, 0.25) is 5.02 Å². The Kier molecular flexibility index (Phi) is 4.82. The zero-order valence-corrected chi connectivity index (χ0v) is 13.9. The number of sulfonamides is 1. The summed E-state index contributed by atoms with van der Waals surface area (Å²) in [5.74, 6) is -0.774. The predicted molar refractivity (Wildman–Crippen MR) is 87.0 cm³/mol. The first-order valence-corrected chi connectivity index (χ1v) is 8.31. The van der Waals surface area contributed by atoms with Crippen molar-refractivity contribution in [1.82, 2.24) is 0 Å². The largest absolute Gasteiger partial charge is 0.497 e. The lowest BCUT2D eigenvalue weighted by molar-refractivity contribution is 0.0696. The number of ether oxygens (including phenoxy) is 1. The van der Waals surface area contributed by atoms with Crippen LogP contribution in [-0.4, -0.2) is 26.6 Å². The third kappa shape index (κ3) is 3.75. The van der Waals surface area contributed by atoms with Gasteiger partial charge >= 0.3 is 5.97 Å². The van der Waals surface area contributed by atoms with Gasteiger partial charge in [-0.1, -0.05) is 17.7 Å². The van der Waals surface area contributed by atoms with Crippen molar-refractivity contribution in [2.45, 2.75) is 11.8 Å². The molecule has 2 aromatic rings. The van der Waals surface area contributed by atoms with Crippen LogP contribution in [0, 0.1) is 6.92 Å². The van der Waals surface area contributed by atoms with Crippen LogP contribution >= 0.6 is 11.6 Å². The van der Waals surface area contributed by atoms with E-state index in [1.807, 2.05) is 0 Å². The van der Waals surface area contributed by atoms with Gasteiger partial charge in [-0.3, -0.25) is 4.72 Å². The smallest absolute Gasteiger partial charge is 0.335 e. The molecule has 0 heterocycles. The van der Waals surface area contributed by atoms with Crippen LogP contribution in [0.25, 0.3) is 0 Å². The molecule has 0 spiro atoms. The molecule has 122 valence electrons. The third-order valence-electron chi connectivity index (χ3n) is 3.14. The topological polar surface area (TPSA) is 92.7 Å². The minimum absolute atomic E-state index is 0.118. The number of aryl methyl sites for hydroxylation is 1. The molecule has 0 aliphatic rings. The third-order valence-corrected chi connectivity index (χ3v) is 4.98. The Morgan fingerprint density at radius 1 is 1.22 bits per heavy atom. The molecule has 2 rings (SSSR count). The van der Waals surface area contributed by atoms with E-state index in [-0.39, 0.29) is 21.2 Å². The summed E-state index contributed by atoms with van der Waals surface area (Å²) in [5.41, 5.74) is 0.445. The lowest BCUT2D eigenvalue weighted by Crippen LogP contribution is -2.15. The summed E-state index contributed by atoms with van der Waals surface area (Å²) in [6.45, 7) is 1.58. The molecule has 0 saturated carbocycles. The highest BCUT2D eigenvalue weighted by molar-refractivity contribution is 7.92. The average molecular weight is 356 g/mol. The Morgan fingerprint density at radius 2 is 1.91 bits per heavy atom. The molecular weight excluding hydrogens is 342 g/mol. The van der Waals surface area contributed by atoms with Gasteiger partial charge in [-0.05, 0) is 36.8 Å². The fraction of sp³-hybridized carbons (Fsp3) is 0.133. The lowest BCUT2D eigenvalue weighted by Gasteiger charge is -2.13. The van der Waals surface area contributed by atoms with Gasteiger partial charge in [0.05, 0.1) is 28.3 Å². The second kappa shape index (κ2) is 6.47. The fourth-order valence-electron chi connectivity index (χ4n) is 1.93. The van der Waals surface area contributed by atoms with Crippen LogP contribution in [-0.2, 0) is 10.0 Å². The van der Waals surface area contributed by atoms with Crippen LogP contribution in [0.15, 0.2) is 41.3 Å². The van der Waals surface area contributed by atoms with Gasteiger partial charge in [-0.15, -0.1) is 0 Å². The summed E-state index contributed by atoms with van der Waals surface area (Å²) < 4.78 is 32.5. The summed E-state index contributed by atoms with van der Waals surface area (Å²) >= 11 is 5.99.